The van der Waals surface area contributed by atoms with Crippen molar-refractivity contribution >= 4 is 17.3 Å². The molecule has 3 nitrogen and oxygen atoms in total. The monoisotopic (exact) mass is 673 g/mol. The summed E-state index contributed by atoms with van der Waals surface area (Å²) in [7, 11) is 3.64. The van der Waals surface area contributed by atoms with Crippen molar-refractivity contribution in [2.75, 3.05) is 38.7 Å². The van der Waals surface area contributed by atoms with Gasteiger partial charge in [-0.25, -0.2) is 0 Å². The number of hydrogen-bond acceptors (Lipinski definition) is 3. The predicted octanol–water partition coefficient (Wildman–Crippen LogP) is 13.7. The zero-order valence-corrected chi connectivity index (χ0v) is 33.0. The SMILES string of the molecule is C.C=C(C)CCCC.C=C(C)c1ccc(OC)cc1.C=Cc1ccc(C)c(C)c1.CCCCNC.CCCN(CCC)c1ccccc1C. The second-order valence-electron chi connectivity index (χ2n) is 12.3. The van der Waals surface area contributed by atoms with Crippen LogP contribution in [0.2, 0.25) is 0 Å². The first-order valence-corrected chi connectivity index (χ1v) is 18.0. The van der Waals surface area contributed by atoms with Crippen LogP contribution < -0.4 is 15.0 Å². The molecule has 0 spiro atoms. The van der Waals surface area contributed by atoms with Crippen LogP contribution in [0, 0.1) is 20.8 Å². The molecule has 0 aliphatic rings. The minimum absolute atomic E-state index is 0. The summed E-state index contributed by atoms with van der Waals surface area (Å²) < 4.78 is 5.02. The van der Waals surface area contributed by atoms with E-state index in [1.807, 2.05) is 44.3 Å². The molecule has 276 valence electrons. The second-order valence-corrected chi connectivity index (χ2v) is 12.3. The van der Waals surface area contributed by atoms with Gasteiger partial charge in [-0.3, -0.25) is 0 Å². The van der Waals surface area contributed by atoms with Crippen LogP contribution in [0.15, 0.2) is 92.0 Å². The predicted molar refractivity (Wildman–Crippen MR) is 228 cm³/mol. The maximum Gasteiger partial charge on any atom is 0.118 e. The van der Waals surface area contributed by atoms with Crippen molar-refractivity contribution in [2.24, 2.45) is 0 Å². The largest absolute Gasteiger partial charge is 0.497 e. The Labute approximate surface area is 305 Å². The highest BCUT2D eigenvalue weighted by molar-refractivity contribution is 5.61. The molecule has 3 aromatic carbocycles. The number of benzene rings is 3. The summed E-state index contributed by atoms with van der Waals surface area (Å²) in [6.45, 7) is 34.2. The van der Waals surface area contributed by atoms with E-state index < -0.39 is 0 Å². The molecule has 49 heavy (non-hydrogen) atoms. The number of nitrogens with one attached hydrogen (secondary N) is 1. The minimum Gasteiger partial charge on any atom is -0.497 e. The molecule has 1 N–H and O–H groups in total. The molecule has 0 unspecified atom stereocenters. The Morgan fingerprint density at radius 2 is 1.33 bits per heavy atom. The molecule has 0 fully saturated rings. The second kappa shape index (κ2) is 33.0. The smallest absolute Gasteiger partial charge is 0.118 e. The van der Waals surface area contributed by atoms with Gasteiger partial charge in [-0.15, -0.1) is 6.58 Å². The van der Waals surface area contributed by atoms with E-state index in [0.717, 1.165) is 23.4 Å². The lowest BCUT2D eigenvalue weighted by atomic mass is 10.1. The summed E-state index contributed by atoms with van der Waals surface area (Å²) in [6, 6.07) is 22.9. The number of unbranched alkanes of at least 4 members (excludes halogenated alkanes) is 2. The molecule has 0 aromatic heterocycles. The van der Waals surface area contributed by atoms with Gasteiger partial charge in [0.25, 0.3) is 0 Å². The van der Waals surface area contributed by atoms with E-state index in [1.54, 1.807) is 7.11 Å². The van der Waals surface area contributed by atoms with Crippen molar-refractivity contribution in [3.63, 3.8) is 0 Å². The normalized spacial score (nSPS) is 9.29. The molecular weight excluding hydrogens is 597 g/mol. The lowest BCUT2D eigenvalue weighted by Gasteiger charge is -2.25. The Morgan fingerprint density at radius 1 is 0.755 bits per heavy atom. The molecule has 0 radical (unpaired) electrons. The standard InChI is InChI=1S/C13H21N.C10H12O.C10H12.C7H14.C5H13N.CH4/c1-4-10-14(11-5-2)13-9-7-6-8-12(13)3;1-8(2)9-4-6-10(11-3)7-5-9;1-4-10-6-5-8(2)9(3)7-10;1-4-5-6-7(2)3;1-3-4-5-6-2;/h6-9H,4-5,10-11H2,1-3H3;4-7H,1H2,2-3H3;4-7H,1H2,2-3H3;2,4-6H2,1,3H3;6H,3-5H2,1-2H3;1H4. The maximum absolute atomic E-state index is 5.02. The summed E-state index contributed by atoms with van der Waals surface area (Å²) >= 11 is 0. The highest BCUT2D eigenvalue weighted by Crippen LogP contribution is 2.20. The number of methoxy groups -OCH3 is 1. The molecule has 0 amide bonds. The molecule has 0 saturated heterocycles. The van der Waals surface area contributed by atoms with Gasteiger partial charge in [0.15, 0.2) is 0 Å². The number of anilines is 1. The van der Waals surface area contributed by atoms with E-state index in [1.165, 1.54) is 91.5 Å². The van der Waals surface area contributed by atoms with E-state index in [0.29, 0.717) is 0 Å². The Morgan fingerprint density at radius 3 is 1.69 bits per heavy atom. The molecule has 3 aromatic rings. The first kappa shape index (κ1) is 49.8. The molecule has 0 aliphatic carbocycles. The number of ether oxygens (including phenoxy) is 1. The first-order chi connectivity index (χ1) is 22.9. The fourth-order valence-corrected chi connectivity index (χ4v) is 4.41. The van der Waals surface area contributed by atoms with Gasteiger partial charge in [-0.05, 0) is 126 Å². The zero-order valence-electron chi connectivity index (χ0n) is 33.0. The van der Waals surface area contributed by atoms with Gasteiger partial charge < -0.3 is 15.0 Å². The summed E-state index contributed by atoms with van der Waals surface area (Å²) in [5.41, 5.74) is 10.2. The number of nitrogens with zero attached hydrogens (tertiary/aromatic N) is 1. The number of allylic oxidation sites excluding steroid dienone is 2. The van der Waals surface area contributed by atoms with Crippen molar-refractivity contribution in [3.8, 4) is 5.75 Å². The van der Waals surface area contributed by atoms with Gasteiger partial charge in [-0.1, -0.05) is 127 Å². The van der Waals surface area contributed by atoms with E-state index in [-0.39, 0.29) is 7.43 Å². The molecule has 0 bridgehead atoms. The van der Waals surface area contributed by atoms with Gasteiger partial charge in [0.1, 0.15) is 5.75 Å². The van der Waals surface area contributed by atoms with Crippen molar-refractivity contribution in [1.29, 1.82) is 0 Å². The van der Waals surface area contributed by atoms with Crippen LogP contribution in [0.3, 0.4) is 0 Å². The van der Waals surface area contributed by atoms with Gasteiger partial charge >= 0.3 is 0 Å². The molecule has 3 rings (SSSR count). The highest BCUT2D eigenvalue weighted by atomic mass is 16.5. The lowest BCUT2D eigenvalue weighted by molar-refractivity contribution is 0.415. The van der Waals surface area contributed by atoms with Crippen molar-refractivity contribution < 1.29 is 4.74 Å². The van der Waals surface area contributed by atoms with Crippen LogP contribution in [0.1, 0.15) is 122 Å². The Balaban J connectivity index is -0.000000554. The number of rotatable bonds is 14. The van der Waals surface area contributed by atoms with Gasteiger partial charge in [-0.2, -0.15) is 0 Å². The number of hydrogen-bond donors (Lipinski definition) is 1. The zero-order chi connectivity index (χ0) is 36.7. The van der Waals surface area contributed by atoms with Crippen molar-refractivity contribution in [3.05, 3.63) is 120 Å². The van der Waals surface area contributed by atoms with E-state index >= 15 is 0 Å². The first-order valence-electron chi connectivity index (χ1n) is 18.0. The summed E-state index contributed by atoms with van der Waals surface area (Å²) in [5, 5.41) is 3.07. The summed E-state index contributed by atoms with van der Waals surface area (Å²) in [5.74, 6) is 0.884. The van der Waals surface area contributed by atoms with Crippen LogP contribution >= 0.6 is 0 Å². The van der Waals surface area contributed by atoms with Crippen molar-refractivity contribution in [1.82, 2.24) is 5.32 Å². The maximum atomic E-state index is 5.02. The minimum atomic E-state index is 0. The third-order valence-corrected chi connectivity index (χ3v) is 7.53. The van der Waals surface area contributed by atoms with E-state index in [2.05, 4.69) is 128 Å². The lowest BCUT2D eigenvalue weighted by Crippen LogP contribution is -2.25. The molecular formula is C46H76N2O. The van der Waals surface area contributed by atoms with Gasteiger partial charge in [0, 0.05) is 18.8 Å². The third kappa shape index (κ3) is 26.0. The topological polar surface area (TPSA) is 24.5 Å². The Hall–Kier alpha value is -3.56. The van der Waals surface area contributed by atoms with Crippen LogP contribution in [0.25, 0.3) is 11.6 Å². The van der Waals surface area contributed by atoms with Gasteiger partial charge in [0.05, 0.1) is 7.11 Å². The van der Waals surface area contributed by atoms with Crippen LogP contribution in [0.4, 0.5) is 5.69 Å². The Bertz CT molecular complexity index is 1230. The van der Waals surface area contributed by atoms with E-state index in [4.69, 9.17) is 4.74 Å². The Kier molecular flexibility index (Phi) is 33.5. The molecule has 0 aliphatic heterocycles. The fraction of sp³-hybridized carbons (Fsp3) is 0.478. The average molecular weight is 673 g/mol. The van der Waals surface area contributed by atoms with E-state index in [9.17, 15) is 0 Å². The number of para-hydroxylation sites is 1. The summed E-state index contributed by atoms with van der Waals surface area (Å²) in [4.78, 5) is 2.48. The third-order valence-electron chi connectivity index (χ3n) is 7.53. The summed E-state index contributed by atoms with van der Waals surface area (Å²) in [6.07, 6.45) is 10.7. The fourth-order valence-electron chi connectivity index (χ4n) is 4.41. The van der Waals surface area contributed by atoms with Crippen LogP contribution in [-0.2, 0) is 0 Å². The molecule has 0 heterocycles. The average Bonchev–Trinajstić information content (AvgIpc) is 3.09. The molecule has 0 atom stereocenters. The number of aryl methyl sites for hydroxylation is 3. The van der Waals surface area contributed by atoms with Crippen molar-refractivity contribution in [2.45, 2.75) is 115 Å². The van der Waals surface area contributed by atoms with Gasteiger partial charge in [0.2, 0.25) is 0 Å². The molecule has 0 saturated carbocycles. The van der Waals surface area contributed by atoms with Crippen LogP contribution in [-0.4, -0.2) is 33.8 Å². The molecule has 3 heteroatoms. The van der Waals surface area contributed by atoms with Crippen LogP contribution in [0.5, 0.6) is 5.75 Å². The highest BCUT2D eigenvalue weighted by Gasteiger charge is 2.05. The quantitative estimate of drug-likeness (QED) is 0.136.